The lowest BCUT2D eigenvalue weighted by atomic mass is 10.1. The molecule has 0 fully saturated rings. The topological polar surface area (TPSA) is 55.4 Å². The number of methoxy groups -OCH3 is 1. The van der Waals surface area contributed by atoms with Gasteiger partial charge in [0.2, 0.25) is 5.91 Å². The number of rotatable bonds is 6. The van der Waals surface area contributed by atoms with Gasteiger partial charge in [0.25, 0.3) is 0 Å². The molecule has 0 unspecified atom stereocenters. The minimum atomic E-state index is -0.430. The third-order valence-corrected chi connectivity index (χ3v) is 5.09. The van der Waals surface area contributed by atoms with Crippen molar-refractivity contribution in [2.75, 3.05) is 18.2 Å². The van der Waals surface area contributed by atoms with Crippen molar-refractivity contribution in [3.05, 3.63) is 63.1 Å². The Morgan fingerprint density at radius 3 is 2.64 bits per heavy atom. The fourth-order valence-electron chi connectivity index (χ4n) is 2.18. The minimum absolute atomic E-state index is 0.153. The van der Waals surface area contributed by atoms with Gasteiger partial charge in [-0.15, -0.1) is 11.8 Å². The molecular formula is C18H17Cl2NO3S. The van der Waals surface area contributed by atoms with Crippen LogP contribution in [0.3, 0.4) is 0 Å². The van der Waals surface area contributed by atoms with Crippen molar-refractivity contribution in [3.63, 3.8) is 0 Å². The highest BCUT2D eigenvalue weighted by Crippen LogP contribution is 2.25. The summed E-state index contributed by atoms with van der Waals surface area (Å²) in [6, 6.07) is 10.4. The Morgan fingerprint density at radius 2 is 1.96 bits per heavy atom. The number of hydrogen-bond acceptors (Lipinski definition) is 4. The van der Waals surface area contributed by atoms with Crippen molar-refractivity contribution in [3.8, 4) is 0 Å². The maximum absolute atomic E-state index is 12.1. The molecule has 0 radical (unpaired) electrons. The summed E-state index contributed by atoms with van der Waals surface area (Å²) in [7, 11) is 1.32. The molecule has 4 nitrogen and oxygen atoms in total. The first-order valence-corrected chi connectivity index (χ1v) is 9.33. The Morgan fingerprint density at radius 1 is 1.20 bits per heavy atom. The number of carbonyl (C=O) groups is 2. The number of halogens is 2. The Kier molecular flexibility index (Phi) is 7.17. The van der Waals surface area contributed by atoms with E-state index in [9.17, 15) is 9.59 Å². The zero-order chi connectivity index (χ0) is 18.4. The predicted octanol–water partition coefficient (Wildman–Crippen LogP) is 4.96. The van der Waals surface area contributed by atoms with Crippen LogP contribution in [-0.2, 0) is 15.3 Å². The zero-order valence-electron chi connectivity index (χ0n) is 13.8. The van der Waals surface area contributed by atoms with Crippen LogP contribution in [0.4, 0.5) is 5.69 Å². The molecule has 2 aromatic rings. The van der Waals surface area contributed by atoms with Gasteiger partial charge in [0.15, 0.2) is 0 Å². The van der Waals surface area contributed by atoms with E-state index in [4.69, 9.17) is 27.9 Å². The molecule has 2 rings (SSSR count). The highest BCUT2D eigenvalue weighted by molar-refractivity contribution is 7.99. The van der Waals surface area contributed by atoms with Gasteiger partial charge >= 0.3 is 5.97 Å². The van der Waals surface area contributed by atoms with Gasteiger partial charge in [-0.25, -0.2) is 4.79 Å². The predicted molar refractivity (Wildman–Crippen MR) is 104 cm³/mol. The Balaban J connectivity index is 1.93. The molecule has 0 heterocycles. The van der Waals surface area contributed by atoms with Crippen molar-refractivity contribution in [2.24, 2.45) is 0 Å². The summed E-state index contributed by atoms with van der Waals surface area (Å²) in [6.45, 7) is 1.77. The van der Waals surface area contributed by atoms with Gasteiger partial charge in [0.05, 0.1) is 18.4 Å². The molecule has 1 N–H and O–H groups in total. The second kappa shape index (κ2) is 9.13. The molecule has 0 atom stereocenters. The first-order valence-electron chi connectivity index (χ1n) is 7.42. The summed E-state index contributed by atoms with van der Waals surface area (Å²) < 4.78 is 4.73. The molecule has 0 aliphatic carbocycles. The molecule has 7 heteroatoms. The standard InChI is InChI=1S/C18H17Cl2NO3S/c1-11-14(18(23)24-2)4-3-5-16(11)21-17(22)10-25-9-12-6-7-13(19)8-15(12)20/h3-8H,9-10H2,1-2H3,(H,21,22). The molecule has 0 saturated carbocycles. The lowest BCUT2D eigenvalue weighted by molar-refractivity contribution is -0.113. The first kappa shape index (κ1) is 19.6. The normalized spacial score (nSPS) is 10.4. The average molecular weight is 398 g/mol. The second-order valence-electron chi connectivity index (χ2n) is 5.25. The van der Waals surface area contributed by atoms with Crippen LogP contribution in [0.1, 0.15) is 21.5 Å². The largest absolute Gasteiger partial charge is 0.465 e. The lowest BCUT2D eigenvalue weighted by Crippen LogP contribution is -2.16. The van der Waals surface area contributed by atoms with Crippen LogP contribution in [0.15, 0.2) is 36.4 Å². The number of benzene rings is 2. The van der Waals surface area contributed by atoms with Gasteiger partial charge in [-0.2, -0.15) is 0 Å². The van der Waals surface area contributed by atoms with Crippen molar-refractivity contribution in [2.45, 2.75) is 12.7 Å². The molecule has 0 aliphatic heterocycles. The van der Waals surface area contributed by atoms with Crippen LogP contribution in [-0.4, -0.2) is 24.7 Å². The second-order valence-corrected chi connectivity index (χ2v) is 7.08. The van der Waals surface area contributed by atoms with E-state index >= 15 is 0 Å². The number of thioether (sulfide) groups is 1. The number of esters is 1. The SMILES string of the molecule is COC(=O)c1cccc(NC(=O)CSCc2ccc(Cl)cc2Cl)c1C. The van der Waals surface area contributed by atoms with Crippen molar-refractivity contribution >= 4 is 52.5 Å². The van der Waals surface area contributed by atoms with Gasteiger partial charge in [-0.1, -0.05) is 35.3 Å². The quantitative estimate of drug-likeness (QED) is 0.699. The third kappa shape index (κ3) is 5.39. The van der Waals surface area contributed by atoms with Crippen LogP contribution in [0.5, 0.6) is 0 Å². The first-order chi connectivity index (χ1) is 11.9. The fourth-order valence-corrected chi connectivity index (χ4v) is 3.57. The molecule has 0 saturated heterocycles. The number of ether oxygens (including phenoxy) is 1. The lowest BCUT2D eigenvalue weighted by Gasteiger charge is -2.11. The maximum atomic E-state index is 12.1. The van der Waals surface area contributed by atoms with Crippen molar-refractivity contribution < 1.29 is 14.3 Å². The molecule has 2 aromatic carbocycles. The average Bonchev–Trinajstić information content (AvgIpc) is 2.58. The molecular weight excluding hydrogens is 381 g/mol. The summed E-state index contributed by atoms with van der Waals surface area (Å²) >= 11 is 13.4. The smallest absolute Gasteiger partial charge is 0.338 e. The van der Waals surface area contributed by atoms with Crippen LogP contribution in [0.2, 0.25) is 10.0 Å². The van der Waals surface area contributed by atoms with E-state index in [0.29, 0.717) is 32.6 Å². The maximum Gasteiger partial charge on any atom is 0.338 e. The summed E-state index contributed by atoms with van der Waals surface area (Å²) in [5.74, 6) is 0.284. The number of hydrogen-bond donors (Lipinski definition) is 1. The number of anilines is 1. The van der Waals surface area contributed by atoms with Crippen LogP contribution in [0.25, 0.3) is 0 Å². The van der Waals surface area contributed by atoms with E-state index in [0.717, 1.165) is 5.56 Å². The molecule has 132 valence electrons. The van der Waals surface area contributed by atoms with Crippen LogP contribution in [0, 0.1) is 6.92 Å². The highest BCUT2D eigenvalue weighted by atomic mass is 35.5. The third-order valence-electron chi connectivity index (χ3n) is 3.52. The number of amides is 1. The Bertz CT molecular complexity index is 796. The van der Waals surface area contributed by atoms with E-state index in [-0.39, 0.29) is 11.7 Å². The Labute approximate surface area is 160 Å². The van der Waals surface area contributed by atoms with Crippen molar-refractivity contribution in [1.29, 1.82) is 0 Å². The zero-order valence-corrected chi connectivity index (χ0v) is 16.1. The molecule has 0 bridgehead atoms. The van der Waals surface area contributed by atoms with E-state index < -0.39 is 5.97 Å². The van der Waals surface area contributed by atoms with Gasteiger partial charge in [-0.05, 0) is 42.3 Å². The summed E-state index contributed by atoms with van der Waals surface area (Å²) in [4.78, 5) is 23.8. The Hall–Kier alpha value is -1.69. The van der Waals surface area contributed by atoms with Gasteiger partial charge in [0.1, 0.15) is 0 Å². The van der Waals surface area contributed by atoms with E-state index in [1.54, 1.807) is 37.3 Å². The van der Waals surface area contributed by atoms with Crippen molar-refractivity contribution in [1.82, 2.24) is 0 Å². The van der Waals surface area contributed by atoms with Gasteiger partial charge in [-0.3, -0.25) is 4.79 Å². The van der Waals surface area contributed by atoms with E-state index in [2.05, 4.69) is 5.32 Å². The van der Waals surface area contributed by atoms with E-state index in [1.807, 2.05) is 6.07 Å². The van der Waals surface area contributed by atoms with Crippen LogP contribution >= 0.6 is 35.0 Å². The molecule has 0 spiro atoms. The molecule has 0 aliphatic rings. The summed E-state index contributed by atoms with van der Waals surface area (Å²) in [6.07, 6.45) is 0. The van der Waals surface area contributed by atoms with Gasteiger partial charge < -0.3 is 10.1 Å². The van der Waals surface area contributed by atoms with E-state index in [1.165, 1.54) is 18.9 Å². The molecule has 1 amide bonds. The fraction of sp³-hybridized carbons (Fsp3) is 0.222. The number of nitrogens with one attached hydrogen (secondary N) is 1. The minimum Gasteiger partial charge on any atom is -0.465 e. The summed E-state index contributed by atoms with van der Waals surface area (Å²) in [5, 5.41) is 3.98. The molecule has 0 aromatic heterocycles. The summed E-state index contributed by atoms with van der Waals surface area (Å²) in [5.41, 5.74) is 2.63. The van der Waals surface area contributed by atoms with Gasteiger partial charge in [0, 0.05) is 21.5 Å². The van der Waals surface area contributed by atoms with Crippen LogP contribution < -0.4 is 5.32 Å². The highest BCUT2D eigenvalue weighted by Gasteiger charge is 2.13. The monoisotopic (exact) mass is 397 g/mol. The molecule has 25 heavy (non-hydrogen) atoms. The number of carbonyl (C=O) groups excluding carboxylic acids is 2.